The summed E-state index contributed by atoms with van der Waals surface area (Å²) in [6.45, 7) is 5.97. The number of carbonyl (C=O) groups excluding carboxylic acids is 1. The van der Waals surface area contributed by atoms with E-state index in [2.05, 4.69) is 13.8 Å². The standard InChI is InChI=1S/C18H27NO2/c1-4-10-18(11-5-2)12-13-19(17(18)20)14-15-6-8-16(21-3)9-7-15/h6-9H,4-5,10-14H2,1-3H3. The molecule has 1 saturated heterocycles. The van der Waals surface area contributed by atoms with Crippen LogP contribution < -0.4 is 4.74 Å². The van der Waals surface area contributed by atoms with Gasteiger partial charge in [0.15, 0.2) is 0 Å². The van der Waals surface area contributed by atoms with Crippen molar-refractivity contribution >= 4 is 5.91 Å². The van der Waals surface area contributed by atoms with Crippen LogP contribution in [0.25, 0.3) is 0 Å². The molecule has 1 aliphatic heterocycles. The number of hydrogen-bond donors (Lipinski definition) is 0. The van der Waals surface area contributed by atoms with Gasteiger partial charge in [0.25, 0.3) is 0 Å². The number of likely N-dealkylation sites (tertiary alicyclic amines) is 1. The molecule has 1 heterocycles. The van der Waals surface area contributed by atoms with E-state index in [1.807, 2.05) is 29.2 Å². The first-order valence-electron chi connectivity index (χ1n) is 8.07. The molecule has 1 aromatic rings. The molecule has 3 nitrogen and oxygen atoms in total. The summed E-state index contributed by atoms with van der Waals surface area (Å²) in [5.41, 5.74) is 1.09. The molecule has 21 heavy (non-hydrogen) atoms. The molecular weight excluding hydrogens is 262 g/mol. The third kappa shape index (κ3) is 3.39. The molecule has 0 aliphatic carbocycles. The zero-order valence-corrected chi connectivity index (χ0v) is 13.5. The molecule has 1 fully saturated rings. The second-order valence-corrected chi connectivity index (χ2v) is 6.11. The number of hydrogen-bond acceptors (Lipinski definition) is 2. The van der Waals surface area contributed by atoms with E-state index >= 15 is 0 Å². The van der Waals surface area contributed by atoms with Crippen molar-refractivity contribution < 1.29 is 9.53 Å². The first kappa shape index (κ1) is 15.9. The zero-order valence-electron chi connectivity index (χ0n) is 13.5. The largest absolute Gasteiger partial charge is 0.497 e. The predicted molar refractivity (Wildman–Crippen MR) is 85.3 cm³/mol. The Morgan fingerprint density at radius 2 is 1.76 bits per heavy atom. The lowest BCUT2D eigenvalue weighted by atomic mass is 9.78. The van der Waals surface area contributed by atoms with E-state index in [1.165, 1.54) is 5.56 Å². The summed E-state index contributed by atoms with van der Waals surface area (Å²) in [6.07, 6.45) is 5.24. The van der Waals surface area contributed by atoms with Gasteiger partial charge in [0.1, 0.15) is 5.75 Å². The second kappa shape index (κ2) is 6.97. The molecular formula is C18H27NO2. The van der Waals surface area contributed by atoms with Gasteiger partial charge in [0.2, 0.25) is 5.91 Å². The van der Waals surface area contributed by atoms with Crippen molar-refractivity contribution in [3.05, 3.63) is 29.8 Å². The molecule has 0 N–H and O–H groups in total. The Hall–Kier alpha value is -1.51. The molecule has 3 heteroatoms. The molecule has 1 aliphatic rings. The van der Waals surface area contributed by atoms with Crippen LogP contribution in [0.2, 0.25) is 0 Å². The number of rotatable bonds is 7. The maximum Gasteiger partial charge on any atom is 0.229 e. The van der Waals surface area contributed by atoms with E-state index in [9.17, 15) is 4.79 Å². The van der Waals surface area contributed by atoms with Crippen molar-refractivity contribution in [1.29, 1.82) is 0 Å². The Balaban J connectivity index is 2.06. The monoisotopic (exact) mass is 289 g/mol. The summed E-state index contributed by atoms with van der Waals surface area (Å²) in [4.78, 5) is 14.9. The van der Waals surface area contributed by atoms with Crippen molar-refractivity contribution in [3.8, 4) is 5.75 Å². The molecule has 1 amide bonds. The quantitative estimate of drug-likeness (QED) is 0.759. The zero-order chi connectivity index (χ0) is 15.3. The van der Waals surface area contributed by atoms with E-state index in [0.717, 1.165) is 50.9 Å². The summed E-state index contributed by atoms with van der Waals surface area (Å²) in [7, 11) is 1.67. The SMILES string of the molecule is CCCC1(CCC)CCN(Cc2ccc(OC)cc2)C1=O. The van der Waals surface area contributed by atoms with E-state index in [-0.39, 0.29) is 5.41 Å². The highest BCUT2D eigenvalue weighted by Gasteiger charge is 2.44. The highest BCUT2D eigenvalue weighted by atomic mass is 16.5. The van der Waals surface area contributed by atoms with E-state index in [4.69, 9.17) is 4.74 Å². The summed E-state index contributed by atoms with van der Waals surface area (Å²) in [6, 6.07) is 8.01. The minimum Gasteiger partial charge on any atom is -0.497 e. The van der Waals surface area contributed by atoms with Crippen LogP contribution >= 0.6 is 0 Å². The average Bonchev–Trinajstić information content (AvgIpc) is 2.79. The smallest absolute Gasteiger partial charge is 0.229 e. The van der Waals surface area contributed by atoms with E-state index < -0.39 is 0 Å². The fourth-order valence-electron chi connectivity index (χ4n) is 3.54. The summed E-state index contributed by atoms with van der Waals surface area (Å²) >= 11 is 0. The van der Waals surface area contributed by atoms with Gasteiger partial charge in [-0.05, 0) is 37.0 Å². The van der Waals surface area contributed by atoms with Crippen LogP contribution in [0.5, 0.6) is 5.75 Å². The number of benzene rings is 1. The Labute approximate surface area is 128 Å². The van der Waals surface area contributed by atoms with Gasteiger partial charge in [-0.1, -0.05) is 38.8 Å². The van der Waals surface area contributed by atoms with E-state index in [1.54, 1.807) is 7.11 Å². The lowest BCUT2D eigenvalue weighted by Gasteiger charge is -2.27. The van der Waals surface area contributed by atoms with Crippen LogP contribution in [0, 0.1) is 5.41 Å². The minimum absolute atomic E-state index is 0.0873. The highest BCUT2D eigenvalue weighted by Crippen LogP contribution is 2.41. The molecule has 116 valence electrons. The summed E-state index contributed by atoms with van der Waals surface area (Å²) in [5, 5.41) is 0. The summed E-state index contributed by atoms with van der Waals surface area (Å²) in [5.74, 6) is 1.22. The van der Waals surface area contributed by atoms with Crippen molar-refractivity contribution in [1.82, 2.24) is 4.90 Å². The number of nitrogens with zero attached hydrogens (tertiary/aromatic N) is 1. The van der Waals surface area contributed by atoms with Crippen LogP contribution in [0.4, 0.5) is 0 Å². The van der Waals surface area contributed by atoms with Gasteiger partial charge < -0.3 is 9.64 Å². The van der Waals surface area contributed by atoms with Gasteiger partial charge in [-0.2, -0.15) is 0 Å². The lowest BCUT2D eigenvalue weighted by molar-refractivity contribution is -0.137. The van der Waals surface area contributed by atoms with Gasteiger partial charge in [-0.25, -0.2) is 0 Å². The van der Waals surface area contributed by atoms with Crippen LogP contribution in [-0.2, 0) is 11.3 Å². The summed E-state index contributed by atoms with van der Waals surface area (Å²) < 4.78 is 5.18. The molecule has 2 rings (SSSR count). The molecule has 0 saturated carbocycles. The molecule has 0 aromatic heterocycles. The Kier molecular flexibility index (Phi) is 5.27. The number of methoxy groups -OCH3 is 1. The van der Waals surface area contributed by atoms with Crippen LogP contribution in [0.15, 0.2) is 24.3 Å². The van der Waals surface area contributed by atoms with Crippen LogP contribution in [0.1, 0.15) is 51.5 Å². The first-order valence-corrected chi connectivity index (χ1v) is 8.07. The Morgan fingerprint density at radius 1 is 1.14 bits per heavy atom. The first-order chi connectivity index (χ1) is 10.1. The molecule has 0 atom stereocenters. The number of amides is 1. The van der Waals surface area contributed by atoms with Gasteiger partial charge in [0.05, 0.1) is 12.5 Å². The van der Waals surface area contributed by atoms with Gasteiger partial charge in [-0.15, -0.1) is 0 Å². The maximum atomic E-state index is 12.8. The number of carbonyl (C=O) groups is 1. The lowest BCUT2D eigenvalue weighted by Crippen LogP contribution is -2.34. The molecule has 0 radical (unpaired) electrons. The Bertz CT molecular complexity index is 461. The number of ether oxygens (including phenoxy) is 1. The van der Waals surface area contributed by atoms with Gasteiger partial charge in [0, 0.05) is 13.1 Å². The van der Waals surface area contributed by atoms with Gasteiger partial charge in [-0.3, -0.25) is 4.79 Å². The van der Waals surface area contributed by atoms with Gasteiger partial charge >= 0.3 is 0 Å². The van der Waals surface area contributed by atoms with Crippen molar-refractivity contribution in [2.24, 2.45) is 5.41 Å². The molecule has 0 bridgehead atoms. The predicted octanol–water partition coefficient (Wildman–Crippen LogP) is 4.01. The van der Waals surface area contributed by atoms with Crippen LogP contribution in [0.3, 0.4) is 0 Å². The molecule has 0 unspecified atom stereocenters. The Morgan fingerprint density at radius 3 is 2.29 bits per heavy atom. The minimum atomic E-state index is -0.0873. The fourth-order valence-corrected chi connectivity index (χ4v) is 3.54. The van der Waals surface area contributed by atoms with Crippen LogP contribution in [-0.4, -0.2) is 24.5 Å². The average molecular weight is 289 g/mol. The normalized spacial score (nSPS) is 17.3. The topological polar surface area (TPSA) is 29.5 Å². The fraction of sp³-hybridized carbons (Fsp3) is 0.611. The molecule has 0 spiro atoms. The third-order valence-corrected chi connectivity index (χ3v) is 4.59. The maximum absolute atomic E-state index is 12.8. The van der Waals surface area contributed by atoms with E-state index in [0.29, 0.717) is 5.91 Å². The van der Waals surface area contributed by atoms with Crippen molar-refractivity contribution in [3.63, 3.8) is 0 Å². The van der Waals surface area contributed by atoms with Crippen molar-refractivity contribution in [2.45, 2.75) is 52.5 Å². The highest BCUT2D eigenvalue weighted by molar-refractivity contribution is 5.84. The second-order valence-electron chi connectivity index (χ2n) is 6.11. The van der Waals surface area contributed by atoms with Crippen molar-refractivity contribution in [2.75, 3.05) is 13.7 Å². The molecule has 1 aromatic carbocycles. The third-order valence-electron chi connectivity index (χ3n) is 4.59.